The molecule has 2 aromatic heterocycles. The van der Waals surface area contributed by atoms with Crippen molar-refractivity contribution in [2.75, 3.05) is 0 Å². The third kappa shape index (κ3) is 2.58. The van der Waals surface area contributed by atoms with Crippen molar-refractivity contribution in [1.29, 1.82) is 0 Å². The predicted octanol–water partition coefficient (Wildman–Crippen LogP) is 2.19. The maximum absolute atomic E-state index is 11.7. The Bertz CT molecular complexity index is 871. The molecule has 2 heterocycles. The Morgan fingerprint density at radius 3 is 2.43 bits per heavy atom. The highest BCUT2D eigenvalue weighted by Crippen LogP contribution is 2.25. The van der Waals surface area contributed by atoms with Crippen LogP contribution in [0.4, 0.5) is 0 Å². The number of pyridine rings is 1. The molecule has 106 valence electrons. The van der Waals surface area contributed by atoms with Gasteiger partial charge in [-0.05, 0) is 36.4 Å². The first-order chi connectivity index (χ1) is 10.1. The first-order valence-corrected chi connectivity index (χ1v) is 7.83. The van der Waals surface area contributed by atoms with E-state index in [9.17, 15) is 8.42 Å². The summed E-state index contributed by atoms with van der Waals surface area (Å²) in [5.74, 6) is 0. The number of nitrogens with zero attached hydrogens (tertiary/aromatic N) is 2. The molecule has 2 N–H and O–H groups in total. The molecule has 0 radical (unpaired) electrons. The van der Waals surface area contributed by atoms with Crippen LogP contribution in [0, 0.1) is 0 Å². The lowest BCUT2D eigenvalue weighted by molar-refractivity contribution is 0.597. The van der Waals surface area contributed by atoms with Crippen LogP contribution in [0.25, 0.3) is 17.1 Å². The van der Waals surface area contributed by atoms with Crippen LogP contribution in [0.5, 0.6) is 0 Å². The highest BCUT2D eigenvalue weighted by atomic mass is 32.2. The van der Waals surface area contributed by atoms with Gasteiger partial charge in [-0.3, -0.25) is 4.98 Å². The van der Waals surface area contributed by atoms with E-state index in [-0.39, 0.29) is 4.90 Å². The molecular formula is C15H13N3O2S. The summed E-state index contributed by atoms with van der Waals surface area (Å²) in [5.41, 5.74) is 2.06. The zero-order valence-corrected chi connectivity index (χ0v) is 11.9. The summed E-state index contributed by atoms with van der Waals surface area (Å²) in [6.45, 7) is 0. The number of benzene rings is 1. The third-order valence-corrected chi connectivity index (χ3v) is 4.07. The molecule has 6 heteroatoms. The van der Waals surface area contributed by atoms with Crippen LogP contribution < -0.4 is 5.14 Å². The molecule has 0 fully saturated rings. The van der Waals surface area contributed by atoms with Crippen LogP contribution in [-0.2, 0) is 10.0 Å². The lowest BCUT2D eigenvalue weighted by Gasteiger charge is -2.12. The fraction of sp³-hybridized carbons (Fsp3) is 0. The van der Waals surface area contributed by atoms with Crippen molar-refractivity contribution in [1.82, 2.24) is 9.55 Å². The summed E-state index contributed by atoms with van der Waals surface area (Å²) < 4.78 is 25.3. The number of hydrogen-bond donors (Lipinski definition) is 1. The summed E-state index contributed by atoms with van der Waals surface area (Å²) in [7, 11) is -3.80. The van der Waals surface area contributed by atoms with E-state index in [0.717, 1.165) is 11.4 Å². The van der Waals surface area contributed by atoms with Gasteiger partial charge in [0, 0.05) is 12.4 Å². The summed E-state index contributed by atoms with van der Waals surface area (Å²) >= 11 is 0. The van der Waals surface area contributed by atoms with E-state index in [1.807, 2.05) is 30.3 Å². The van der Waals surface area contributed by atoms with Crippen LogP contribution in [-0.4, -0.2) is 18.0 Å². The fourth-order valence-electron chi connectivity index (χ4n) is 2.21. The van der Waals surface area contributed by atoms with Crippen molar-refractivity contribution < 1.29 is 8.42 Å². The SMILES string of the molecule is NS(=O)(=O)c1ccccc1-n1cccc1-c1ccccn1. The normalized spacial score (nSPS) is 11.5. The largest absolute Gasteiger partial charge is 0.314 e. The molecule has 0 aliphatic heterocycles. The first-order valence-electron chi connectivity index (χ1n) is 6.28. The van der Waals surface area contributed by atoms with E-state index in [4.69, 9.17) is 5.14 Å². The van der Waals surface area contributed by atoms with E-state index in [0.29, 0.717) is 5.69 Å². The van der Waals surface area contributed by atoms with Gasteiger partial charge in [-0.2, -0.15) is 0 Å². The lowest BCUT2D eigenvalue weighted by Crippen LogP contribution is -2.15. The highest BCUT2D eigenvalue weighted by molar-refractivity contribution is 7.89. The molecule has 0 saturated carbocycles. The minimum atomic E-state index is -3.80. The first kappa shape index (κ1) is 13.5. The molecule has 0 amide bonds. The molecule has 1 aromatic carbocycles. The van der Waals surface area contributed by atoms with Crippen LogP contribution in [0.1, 0.15) is 0 Å². The molecule has 0 spiro atoms. The van der Waals surface area contributed by atoms with E-state index < -0.39 is 10.0 Å². The molecule has 0 unspecified atom stereocenters. The van der Waals surface area contributed by atoms with Crippen molar-refractivity contribution >= 4 is 10.0 Å². The van der Waals surface area contributed by atoms with Gasteiger partial charge >= 0.3 is 0 Å². The van der Waals surface area contributed by atoms with Gasteiger partial charge in [0.25, 0.3) is 0 Å². The summed E-state index contributed by atoms with van der Waals surface area (Å²) in [4.78, 5) is 4.38. The van der Waals surface area contributed by atoms with Gasteiger partial charge in [-0.15, -0.1) is 0 Å². The Hall–Kier alpha value is -2.44. The standard InChI is InChI=1S/C15H13N3O2S/c16-21(19,20)15-9-2-1-7-14(15)18-11-5-8-13(18)12-6-3-4-10-17-12/h1-11H,(H2,16,19,20). The predicted molar refractivity (Wildman–Crippen MR) is 80.4 cm³/mol. The van der Waals surface area contributed by atoms with E-state index in [1.165, 1.54) is 6.07 Å². The van der Waals surface area contributed by atoms with Crippen molar-refractivity contribution in [3.8, 4) is 17.1 Å². The molecule has 5 nitrogen and oxygen atoms in total. The number of sulfonamides is 1. The number of para-hydroxylation sites is 1. The van der Waals surface area contributed by atoms with Crippen LogP contribution in [0.15, 0.2) is 71.9 Å². The molecule has 0 bridgehead atoms. The molecule has 21 heavy (non-hydrogen) atoms. The average Bonchev–Trinajstić information content (AvgIpc) is 2.96. The maximum Gasteiger partial charge on any atom is 0.240 e. The topological polar surface area (TPSA) is 78.0 Å². The summed E-state index contributed by atoms with van der Waals surface area (Å²) in [5, 5.41) is 5.30. The fourth-order valence-corrected chi connectivity index (χ4v) is 2.94. The van der Waals surface area contributed by atoms with Crippen LogP contribution in [0.3, 0.4) is 0 Å². The van der Waals surface area contributed by atoms with E-state index in [2.05, 4.69) is 4.98 Å². The smallest absolute Gasteiger partial charge is 0.240 e. The minimum absolute atomic E-state index is 0.0818. The Morgan fingerprint density at radius 1 is 0.952 bits per heavy atom. The van der Waals surface area contributed by atoms with Gasteiger partial charge in [-0.1, -0.05) is 18.2 Å². The van der Waals surface area contributed by atoms with Crippen LogP contribution in [0.2, 0.25) is 0 Å². The van der Waals surface area contributed by atoms with Gasteiger partial charge in [0.1, 0.15) is 4.90 Å². The van der Waals surface area contributed by atoms with Gasteiger partial charge in [-0.25, -0.2) is 13.6 Å². The van der Waals surface area contributed by atoms with Crippen molar-refractivity contribution in [3.05, 3.63) is 67.0 Å². The Kier molecular flexibility index (Phi) is 3.32. The minimum Gasteiger partial charge on any atom is -0.314 e. The second-order valence-electron chi connectivity index (χ2n) is 4.49. The quantitative estimate of drug-likeness (QED) is 0.805. The third-order valence-electron chi connectivity index (χ3n) is 3.11. The van der Waals surface area contributed by atoms with E-state index >= 15 is 0 Å². The number of primary sulfonamides is 1. The van der Waals surface area contributed by atoms with Crippen molar-refractivity contribution in [3.63, 3.8) is 0 Å². The number of nitrogens with two attached hydrogens (primary N) is 1. The molecule has 0 atom stereocenters. The Morgan fingerprint density at radius 2 is 1.71 bits per heavy atom. The zero-order valence-electron chi connectivity index (χ0n) is 11.0. The second-order valence-corrected chi connectivity index (χ2v) is 6.02. The lowest BCUT2D eigenvalue weighted by atomic mass is 10.2. The highest BCUT2D eigenvalue weighted by Gasteiger charge is 2.16. The van der Waals surface area contributed by atoms with Gasteiger partial charge in [0.15, 0.2) is 0 Å². The molecule has 3 rings (SSSR count). The van der Waals surface area contributed by atoms with Crippen molar-refractivity contribution in [2.24, 2.45) is 5.14 Å². The number of aromatic nitrogens is 2. The average molecular weight is 299 g/mol. The summed E-state index contributed by atoms with van der Waals surface area (Å²) in [6, 6.07) is 15.9. The molecule has 0 aliphatic carbocycles. The zero-order chi connectivity index (χ0) is 14.9. The maximum atomic E-state index is 11.7. The molecular weight excluding hydrogens is 286 g/mol. The van der Waals surface area contributed by atoms with E-state index in [1.54, 1.807) is 35.2 Å². The van der Waals surface area contributed by atoms with Crippen molar-refractivity contribution in [2.45, 2.75) is 4.90 Å². The van der Waals surface area contributed by atoms with Gasteiger partial charge in [0.2, 0.25) is 10.0 Å². The molecule has 0 aliphatic rings. The Balaban J connectivity index is 2.23. The number of rotatable bonds is 3. The number of hydrogen-bond acceptors (Lipinski definition) is 3. The second kappa shape index (κ2) is 5.16. The van der Waals surface area contributed by atoms with Gasteiger partial charge in [0.05, 0.1) is 17.1 Å². The summed E-state index contributed by atoms with van der Waals surface area (Å²) in [6.07, 6.45) is 3.48. The van der Waals surface area contributed by atoms with Crippen LogP contribution >= 0.6 is 0 Å². The molecule has 3 aromatic rings. The Labute approximate surface area is 122 Å². The monoisotopic (exact) mass is 299 g/mol. The molecule has 0 saturated heterocycles. The van der Waals surface area contributed by atoms with Gasteiger partial charge < -0.3 is 4.57 Å².